The number of aromatic nitrogens is 1. The Hall–Kier alpha value is -3.38. The molecular formula is C20H16ClN3O3. The quantitative estimate of drug-likeness (QED) is 0.692. The minimum atomic E-state index is -0.441. The maximum atomic E-state index is 12.5. The Morgan fingerprint density at radius 3 is 2.56 bits per heavy atom. The second kappa shape index (κ2) is 8.33. The molecule has 0 aliphatic carbocycles. The highest BCUT2D eigenvalue weighted by atomic mass is 35.5. The highest BCUT2D eigenvalue weighted by Crippen LogP contribution is 2.23. The van der Waals surface area contributed by atoms with Gasteiger partial charge in [-0.3, -0.25) is 14.6 Å². The van der Waals surface area contributed by atoms with Gasteiger partial charge in [0.25, 0.3) is 11.8 Å². The van der Waals surface area contributed by atoms with E-state index in [4.69, 9.17) is 16.3 Å². The van der Waals surface area contributed by atoms with Gasteiger partial charge in [0.1, 0.15) is 11.4 Å². The second-order valence-electron chi connectivity index (χ2n) is 5.55. The predicted octanol–water partition coefficient (Wildman–Crippen LogP) is 4.25. The number of para-hydroxylation sites is 2. The van der Waals surface area contributed by atoms with Crippen molar-refractivity contribution < 1.29 is 14.3 Å². The number of hydrogen-bond acceptors (Lipinski definition) is 4. The van der Waals surface area contributed by atoms with Crippen molar-refractivity contribution in [3.8, 4) is 5.75 Å². The molecule has 0 bridgehead atoms. The second-order valence-corrected chi connectivity index (χ2v) is 5.99. The Morgan fingerprint density at radius 2 is 1.78 bits per heavy atom. The number of methoxy groups -OCH3 is 1. The molecule has 27 heavy (non-hydrogen) atoms. The summed E-state index contributed by atoms with van der Waals surface area (Å²) >= 11 is 5.91. The number of carbonyl (C=O) groups excluding carboxylic acids is 2. The van der Waals surface area contributed by atoms with Crippen LogP contribution in [-0.4, -0.2) is 23.9 Å². The molecule has 136 valence electrons. The third-order valence-corrected chi connectivity index (χ3v) is 3.93. The van der Waals surface area contributed by atoms with Gasteiger partial charge in [0.15, 0.2) is 0 Å². The van der Waals surface area contributed by atoms with E-state index in [1.165, 1.54) is 25.4 Å². The number of halogens is 1. The van der Waals surface area contributed by atoms with Gasteiger partial charge in [-0.05, 0) is 42.5 Å². The van der Waals surface area contributed by atoms with Crippen LogP contribution >= 0.6 is 11.6 Å². The lowest BCUT2D eigenvalue weighted by atomic mass is 10.2. The van der Waals surface area contributed by atoms with E-state index >= 15 is 0 Å². The molecule has 7 heteroatoms. The molecule has 3 rings (SSSR count). The van der Waals surface area contributed by atoms with Gasteiger partial charge < -0.3 is 15.4 Å². The van der Waals surface area contributed by atoms with Gasteiger partial charge in [0.05, 0.1) is 12.8 Å². The summed E-state index contributed by atoms with van der Waals surface area (Å²) in [5, 5.41) is 5.96. The van der Waals surface area contributed by atoms with Gasteiger partial charge in [-0.1, -0.05) is 29.8 Å². The van der Waals surface area contributed by atoms with Gasteiger partial charge in [-0.15, -0.1) is 0 Å². The lowest BCUT2D eigenvalue weighted by molar-refractivity contribution is 0.102. The molecule has 0 fully saturated rings. The topological polar surface area (TPSA) is 80.3 Å². The first-order chi connectivity index (χ1) is 13.1. The van der Waals surface area contributed by atoms with E-state index < -0.39 is 5.91 Å². The van der Waals surface area contributed by atoms with Crippen molar-refractivity contribution in [3.63, 3.8) is 0 Å². The molecule has 2 amide bonds. The normalized spacial score (nSPS) is 10.1. The Kier molecular flexibility index (Phi) is 5.68. The number of nitrogens with one attached hydrogen (secondary N) is 2. The summed E-state index contributed by atoms with van der Waals surface area (Å²) in [6.07, 6.45) is 1.41. The van der Waals surface area contributed by atoms with E-state index in [9.17, 15) is 9.59 Å². The standard InChI is InChI=1S/C20H16ClN3O3/c1-27-18-8-3-2-7-16(18)24-19(25)13-9-10-22-17(11-13)20(26)23-15-6-4-5-14(21)12-15/h2-12H,1H3,(H,23,26)(H,24,25). The fourth-order valence-corrected chi connectivity index (χ4v) is 2.59. The Morgan fingerprint density at radius 1 is 0.963 bits per heavy atom. The molecule has 3 aromatic rings. The zero-order valence-electron chi connectivity index (χ0n) is 14.4. The molecule has 0 unspecified atom stereocenters. The number of carbonyl (C=O) groups is 2. The van der Waals surface area contributed by atoms with Crippen LogP contribution in [0.2, 0.25) is 5.02 Å². The average Bonchev–Trinajstić information content (AvgIpc) is 2.68. The predicted molar refractivity (Wildman–Crippen MR) is 105 cm³/mol. The molecule has 1 heterocycles. The Labute approximate surface area is 161 Å². The lowest BCUT2D eigenvalue weighted by Crippen LogP contribution is -2.17. The first-order valence-corrected chi connectivity index (χ1v) is 8.42. The molecule has 6 nitrogen and oxygen atoms in total. The number of benzene rings is 2. The number of ether oxygens (including phenoxy) is 1. The SMILES string of the molecule is COc1ccccc1NC(=O)c1ccnc(C(=O)Nc2cccc(Cl)c2)c1. The maximum Gasteiger partial charge on any atom is 0.274 e. The largest absolute Gasteiger partial charge is 0.495 e. The molecule has 0 atom stereocenters. The van der Waals surface area contributed by atoms with E-state index in [1.807, 2.05) is 0 Å². The molecule has 0 spiro atoms. The van der Waals surface area contributed by atoms with Crippen LogP contribution in [0.3, 0.4) is 0 Å². The molecule has 0 aliphatic rings. The molecule has 0 saturated heterocycles. The Balaban J connectivity index is 1.76. The summed E-state index contributed by atoms with van der Waals surface area (Å²) in [6, 6.07) is 16.8. The maximum absolute atomic E-state index is 12.5. The van der Waals surface area contributed by atoms with Crippen molar-refractivity contribution in [1.29, 1.82) is 0 Å². The number of hydrogen-bond donors (Lipinski definition) is 2. The summed E-state index contributed by atoms with van der Waals surface area (Å²) in [4.78, 5) is 28.9. The summed E-state index contributed by atoms with van der Waals surface area (Å²) in [7, 11) is 1.52. The average molecular weight is 382 g/mol. The number of rotatable bonds is 5. The van der Waals surface area contributed by atoms with Crippen molar-refractivity contribution >= 4 is 34.8 Å². The zero-order valence-corrected chi connectivity index (χ0v) is 15.2. The molecule has 0 aliphatic heterocycles. The number of nitrogens with zero attached hydrogens (tertiary/aromatic N) is 1. The van der Waals surface area contributed by atoms with Gasteiger partial charge >= 0.3 is 0 Å². The summed E-state index contributed by atoms with van der Waals surface area (Å²) in [6.45, 7) is 0. The van der Waals surface area contributed by atoms with E-state index in [0.29, 0.717) is 27.7 Å². The van der Waals surface area contributed by atoms with Crippen LogP contribution < -0.4 is 15.4 Å². The van der Waals surface area contributed by atoms with Crippen LogP contribution in [0.25, 0.3) is 0 Å². The number of pyridine rings is 1. The van der Waals surface area contributed by atoms with Crippen molar-refractivity contribution in [1.82, 2.24) is 4.98 Å². The minimum Gasteiger partial charge on any atom is -0.495 e. The van der Waals surface area contributed by atoms with Crippen LogP contribution in [0.5, 0.6) is 5.75 Å². The highest BCUT2D eigenvalue weighted by Gasteiger charge is 2.14. The van der Waals surface area contributed by atoms with Gasteiger partial charge in [0, 0.05) is 22.5 Å². The van der Waals surface area contributed by atoms with Crippen LogP contribution in [-0.2, 0) is 0 Å². The lowest BCUT2D eigenvalue weighted by Gasteiger charge is -2.10. The third-order valence-electron chi connectivity index (χ3n) is 3.69. The van der Waals surface area contributed by atoms with Crippen molar-refractivity contribution in [3.05, 3.63) is 83.1 Å². The van der Waals surface area contributed by atoms with E-state index in [1.54, 1.807) is 48.5 Å². The number of amides is 2. The third kappa shape index (κ3) is 4.62. The van der Waals surface area contributed by atoms with Crippen molar-refractivity contribution in [2.45, 2.75) is 0 Å². The minimum absolute atomic E-state index is 0.114. The van der Waals surface area contributed by atoms with Crippen LogP contribution in [0, 0.1) is 0 Å². The van der Waals surface area contributed by atoms with E-state index in [0.717, 1.165) is 0 Å². The van der Waals surface area contributed by atoms with E-state index in [2.05, 4.69) is 15.6 Å². The fraction of sp³-hybridized carbons (Fsp3) is 0.0500. The van der Waals surface area contributed by atoms with Gasteiger partial charge in [-0.2, -0.15) is 0 Å². The fourth-order valence-electron chi connectivity index (χ4n) is 2.40. The monoisotopic (exact) mass is 381 g/mol. The molecule has 2 N–H and O–H groups in total. The molecule has 0 radical (unpaired) electrons. The summed E-state index contributed by atoms with van der Waals surface area (Å²) < 4.78 is 5.22. The first kappa shape index (κ1) is 18.4. The van der Waals surface area contributed by atoms with Crippen molar-refractivity contribution in [2.75, 3.05) is 17.7 Å². The molecular weight excluding hydrogens is 366 g/mol. The van der Waals surface area contributed by atoms with Crippen molar-refractivity contribution in [2.24, 2.45) is 0 Å². The molecule has 2 aromatic carbocycles. The van der Waals surface area contributed by atoms with Crippen LogP contribution in [0.1, 0.15) is 20.8 Å². The van der Waals surface area contributed by atoms with Gasteiger partial charge in [0.2, 0.25) is 0 Å². The highest BCUT2D eigenvalue weighted by molar-refractivity contribution is 6.31. The first-order valence-electron chi connectivity index (χ1n) is 8.04. The summed E-state index contributed by atoms with van der Waals surface area (Å²) in [5.74, 6) is -0.276. The molecule has 1 aromatic heterocycles. The van der Waals surface area contributed by atoms with Gasteiger partial charge in [-0.25, -0.2) is 0 Å². The van der Waals surface area contributed by atoms with Crippen LogP contribution in [0.15, 0.2) is 66.9 Å². The molecule has 0 saturated carbocycles. The van der Waals surface area contributed by atoms with E-state index in [-0.39, 0.29) is 11.6 Å². The summed E-state index contributed by atoms with van der Waals surface area (Å²) in [5.41, 5.74) is 1.49. The Bertz CT molecular complexity index is 991. The smallest absolute Gasteiger partial charge is 0.274 e. The number of anilines is 2. The zero-order chi connectivity index (χ0) is 19.2. The van der Waals surface area contributed by atoms with Crippen LogP contribution in [0.4, 0.5) is 11.4 Å².